The second kappa shape index (κ2) is 12.0. The van der Waals surface area contributed by atoms with E-state index in [1.54, 1.807) is 21.3 Å². The second-order valence-corrected chi connectivity index (χ2v) is 6.32. The third-order valence-corrected chi connectivity index (χ3v) is 4.27. The van der Waals surface area contributed by atoms with Crippen LogP contribution < -0.4 is 20.1 Å². The van der Waals surface area contributed by atoms with Gasteiger partial charge in [-0.1, -0.05) is 28.1 Å². The van der Waals surface area contributed by atoms with Crippen LogP contribution >= 0.6 is 39.9 Å². The summed E-state index contributed by atoms with van der Waals surface area (Å²) in [5.74, 6) is 2.48. The monoisotopic (exact) mass is 533 g/mol. The zero-order chi connectivity index (χ0) is 18.1. The average molecular weight is 534 g/mol. The van der Waals surface area contributed by atoms with Gasteiger partial charge in [0.2, 0.25) is 0 Å². The summed E-state index contributed by atoms with van der Waals surface area (Å²) in [5.41, 5.74) is 2.31. The van der Waals surface area contributed by atoms with Gasteiger partial charge in [-0.3, -0.25) is 4.99 Å². The molecular formula is C19H25BrIN3O2. The maximum absolute atomic E-state index is 5.39. The molecule has 0 saturated carbocycles. The molecule has 0 aromatic heterocycles. The van der Waals surface area contributed by atoms with Crippen molar-refractivity contribution in [2.75, 3.05) is 27.8 Å². The lowest BCUT2D eigenvalue weighted by molar-refractivity contribution is 0.409. The average Bonchev–Trinajstić information content (AvgIpc) is 2.65. The predicted molar refractivity (Wildman–Crippen MR) is 121 cm³/mol. The first-order chi connectivity index (χ1) is 12.2. The highest BCUT2D eigenvalue weighted by molar-refractivity contribution is 14.0. The quantitative estimate of drug-likeness (QED) is 0.321. The van der Waals surface area contributed by atoms with Crippen molar-refractivity contribution >= 4 is 45.9 Å². The van der Waals surface area contributed by atoms with E-state index in [0.29, 0.717) is 6.54 Å². The number of nitrogens with one attached hydrogen (secondary N) is 2. The minimum Gasteiger partial charge on any atom is -0.497 e. The van der Waals surface area contributed by atoms with E-state index in [4.69, 9.17) is 9.47 Å². The molecule has 26 heavy (non-hydrogen) atoms. The van der Waals surface area contributed by atoms with E-state index >= 15 is 0 Å². The van der Waals surface area contributed by atoms with Crippen molar-refractivity contribution in [2.45, 2.75) is 13.0 Å². The van der Waals surface area contributed by atoms with Crippen molar-refractivity contribution in [3.05, 3.63) is 58.1 Å². The van der Waals surface area contributed by atoms with Crippen LogP contribution in [0.1, 0.15) is 11.1 Å². The summed E-state index contributed by atoms with van der Waals surface area (Å²) in [4.78, 5) is 4.26. The molecule has 0 atom stereocenters. The number of rotatable bonds is 7. The highest BCUT2D eigenvalue weighted by Crippen LogP contribution is 2.22. The summed E-state index contributed by atoms with van der Waals surface area (Å²) in [7, 11) is 5.11. The first-order valence-electron chi connectivity index (χ1n) is 8.06. The molecule has 0 heterocycles. The van der Waals surface area contributed by atoms with Crippen LogP contribution in [0.3, 0.4) is 0 Å². The number of nitrogens with zero attached hydrogens (tertiary/aromatic N) is 1. The topological polar surface area (TPSA) is 54.9 Å². The lowest BCUT2D eigenvalue weighted by atomic mass is 10.1. The minimum atomic E-state index is 0. The summed E-state index contributed by atoms with van der Waals surface area (Å²) in [6, 6.07) is 14.0. The van der Waals surface area contributed by atoms with Crippen molar-refractivity contribution in [1.82, 2.24) is 10.6 Å². The van der Waals surface area contributed by atoms with E-state index in [1.807, 2.05) is 30.3 Å². The van der Waals surface area contributed by atoms with Crippen LogP contribution in [0, 0.1) is 0 Å². The third kappa shape index (κ3) is 7.03. The Morgan fingerprint density at radius 1 is 1.04 bits per heavy atom. The van der Waals surface area contributed by atoms with E-state index in [-0.39, 0.29) is 24.0 Å². The van der Waals surface area contributed by atoms with Gasteiger partial charge >= 0.3 is 0 Å². The van der Waals surface area contributed by atoms with Crippen LogP contribution in [-0.4, -0.2) is 33.8 Å². The molecule has 0 radical (unpaired) electrons. The van der Waals surface area contributed by atoms with Crippen LogP contribution in [0.5, 0.6) is 11.5 Å². The minimum absolute atomic E-state index is 0. The summed E-state index contributed by atoms with van der Waals surface area (Å²) < 4.78 is 11.6. The Labute approximate surface area is 180 Å². The molecule has 5 nitrogen and oxygen atoms in total. The standard InChI is InChI=1S/C19H24BrN3O2.HI/c1-21-19(22-11-10-14-4-7-17(24-2)8-5-14)23-13-15-12-16(20)6-9-18(15)25-3;/h4-9,12H,10-11,13H2,1-3H3,(H2,21,22,23);1H. The molecule has 0 amide bonds. The van der Waals surface area contributed by atoms with Gasteiger partial charge in [0.15, 0.2) is 5.96 Å². The molecule has 2 rings (SSSR count). The molecule has 142 valence electrons. The van der Waals surface area contributed by atoms with Crippen LogP contribution in [0.4, 0.5) is 0 Å². The summed E-state index contributed by atoms with van der Waals surface area (Å²) >= 11 is 3.49. The molecule has 2 N–H and O–H groups in total. The number of aliphatic imine (C=N–C) groups is 1. The number of methoxy groups -OCH3 is 2. The molecule has 0 aliphatic rings. The number of hydrogen-bond donors (Lipinski definition) is 2. The lowest BCUT2D eigenvalue weighted by Gasteiger charge is -2.14. The first kappa shape index (κ1) is 22.6. The summed E-state index contributed by atoms with van der Waals surface area (Å²) in [6.07, 6.45) is 0.908. The number of ether oxygens (including phenoxy) is 2. The van der Waals surface area contributed by atoms with Gasteiger partial charge in [-0.05, 0) is 42.3 Å². The van der Waals surface area contributed by atoms with Gasteiger partial charge in [-0.2, -0.15) is 0 Å². The molecule has 2 aromatic rings. The number of benzene rings is 2. The van der Waals surface area contributed by atoms with Crippen LogP contribution in [0.25, 0.3) is 0 Å². The Hall–Kier alpha value is -1.48. The Morgan fingerprint density at radius 3 is 2.38 bits per heavy atom. The molecule has 0 fully saturated rings. The molecule has 0 aliphatic heterocycles. The normalized spacial score (nSPS) is 10.7. The van der Waals surface area contributed by atoms with Crippen molar-refractivity contribution in [1.29, 1.82) is 0 Å². The zero-order valence-corrected chi connectivity index (χ0v) is 19.1. The van der Waals surface area contributed by atoms with Crippen LogP contribution in [-0.2, 0) is 13.0 Å². The highest BCUT2D eigenvalue weighted by atomic mass is 127. The zero-order valence-electron chi connectivity index (χ0n) is 15.2. The third-order valence-electron chi connectivity index (χ3n) is 3.78. The predicted octanol–water partition coefficient (Wildman–Crippen LogP) is 3.99. The SMILES string of the molecule is CN=C(NCCc1ccc(OC)cc1)NCc1cc(Br)ccc1OC.I. The number of hydrogen-bond acceptors (Lipinski definition) is 3. The summed E-state index contributed by atoms with van der Waals surface area (Å²) in [6.45, 7) is 1.42. The van der Waals surface area contributed by atoms with Gasteiger partial charge < -0.3 is 20.1 Å². The largest absolute Gasteiger partial charge is 0.497 e. The lowest BCUT2D eigenvalue weighted by Crippen LogP contribution is -2.37. The molecule has 0 unspecified atom stereocenters. The van der Waals surface area contributed by atoms with Gasteiger partial charge in [0, 0.05) is 30.2 Å². The molecular weight excluding hydrogens is 509 g/mol. The Kier molecular flexibility index (Phi) is 10.4. The first-order valence-corrected chi connectivity index (χ1v) is 8.85. The van der Waals surface area contributed by atoms with E-state index in [1.165, 1.54) is 5.56 Å². The second-order valence-electron chi connectivity index (χ2n) is 5.41. The summed E-state index contributed by atoms with van der Waals surface area (Å²) in [5, 5.41) is 6.63. The Morgan fingerprint density at radius 2 is 1.77 bits per heavy atom. The van der Waals surface area contributed by atoms with Crippen molar-refractivity contribution in [2.24, 2.45) is 4.99 Å². The van der Waals surface area contributed by atoms with Gasteiger partial charge in [-0.15, -0.1) is 24.0 Å². The number of guanidine groups is 1. The van der Waals surface area contributed by atoms with Gasteiger partial charge in [-0.25, -0.2) is 0 Å². The molecule has 2 aromatic carbocycles. The van der Waals surface area contributed by atoms with E-state index in [2.05, 4.69) is 43.7 Å². The fourth-order valence-corrected chi connectivity index (χ4v) is 2.81. The van der Waals surface area contributed by atoms with E-state index in [0.717, 1.165) is 40.5 Å². The Bertz CT molecular complexity index is 708. The van der Waals surface area contributed by atoms with Crippen molar-refractivity contribution < 1.29 is 9.47 Å². The van der Waals surface area contributed by atoms with Crippen LogP contribution in [0.2, 0.25) is 0 Å². The molecule has 0 bridgehead atoms. The maximum atomic E-state index is 5.39. The number of halogens is 2. The molecule has 0 spiro atoms. The molecule has 0 aliphatic carbocycles. The molecule has 0 saturated heterocycles. The van der Waals surface area contributed by atoms with E-state index in [9.17, 15) is 0 Å². The fraction of sp³-hybridized carbons (Fsp3) is 0.316. The van der Waals surface area contributed by atoms with Crippen molar-refractivity contribution in [3.8, 4) is 11.5 Å². The molecule has 7 heteroatoms. The smallest absolute Gasteiger partial charge is 0.191 e. The fourth-order valence-electron chi connectivity index (χ4n) is 2.40. The van der Waals surface area contributed by atoms with Gasteiger partial charge in [0.05, 0.1) is 14.2 Å². The highest BCUT2D eigenvalue weighted by Gasteiger charge is 2.05. The Balaban J connectivity index is 0.00000338. The maximum Gasteiger partial charge on any atom is 0.191 e. The van der Waals surface area contributed by atoms with Gasteiger partial charge in [0.1, 0.15) is 11.5 Å². The van der Waals surface area contributed by atoms with Crippen LogP contribution in [0.15, 0.2) is 51.9 Å². The van der Waals surface area contributed by atoms with E-state index < -0.39 is 0 Å². The van der Waals surface area contributed by atoms with Crippen molar-refractivity contribution in [3.63, 3.8) is 0 Å². The van der Waals surface area contributed by atoms with Gasteiger partial charge in [0.25, 0.3) is 0 Å².